The summed E-state index contributed by atoms with van der Waals surface area (Å²) in [5.41, 5.74) is 3.05. The number of thioether (sulfide) groups is 1. The molecular weight excluding hydrogens is 425 g/mol. The Bertz CT molecular complexity index is 1320. The average molecular weight is 452 g/mol. The lowest BCUT2D eigenvalue weighted by molar-refractivity contribution is 0.108. The number of fused-ring (bicyclic) bond motifs is 2. The maximum Gasteiger partial charge on any atom is 0.219 e. The van der Waals surface area contributed by atoms with E-state index in [9.17, 15) is 9.18 Å². The van der Waals surface area contributed by atoms with Crippen LogP contribution in [0.4, 0.5) is 10.2 Å². The largest absolute Gasteiger partial charge is 0.454 e. The van der Waals surface area contributed by atoms with E-state index in [1.54, 1.807) is 24.3 Å². The third kappa shape index (κ3) is 4.48. The van der Waals surface area contributed by atoms with Crippen LogP contribution in [0.15, 0.2) is 46.9 Å². The molecule has 4 rings (SSSR count). The van der Waals surface area contributed by atoms with E-state index in [1.165, 1.54) is 23.9 Å². The molecule has 2 heterocycles. The summed E-state index contributed by atoms with van der Waals surface area (Å²) in [6, 6.07) is 11.7. The lowest BCUT2D eigenvalue weighted by Gasteiger charge is -2.24. The SMILES string of the molecule is CC(C)N(C)c1nc2cc(C(=O)SC(C)(C)C)ccc2nc1-c1cc2cc(F)ccc2o1. The Morgan fingerprint density at radius 2 is 1.81 bits per heavy atom. The van der Waals surface area contributed by atoms with Gasteiger partial charge in [-0.2, -0.15) is 0 Å². The molecule has 2 aromatic carbocycles. The van der Waals surface area contributed by atoms with Crippen molar-refractivity contribution in [2.45, 2.75) is 45.4 Å². The van der Waals surface area contributed by atoms with Crippen LogP contribution in [-0.2, 0) is 0 Å². The van der Waals surface area contributed by atoms with Crippen molar-refractivity contribution in [3.63, 3.8) is 0 Å². The number of nitrogens with zero attached hydrogens (tertiary/aromatic N) is 3. The van der Waals surface area contributed by atoms with Crippen LogP contribution in [0.2, 0.25) is 0 Å². The van der Waals surface area contributed by atoms with Crippen molar-refractivity contribution < 1.29 is 13.6 Å². The first-order valence-corrected chi connectivity index (χ1v) is 11.3. The topological polar surface area (TPSA) is 59.2 Å². The molecule has 2 aromatic heterocycles. The maximum atomic E-state index is 13.7. The van der Waals surface area contributed by atoms with E-state index in [-0.39, 0.29) is 21.7 Å². The molecule has 0 aliphatic rings. The van der Waals surface area contributed by atoms with Crippen molar-refractivity contribution in [3.05, 3.63) is 53.8 Å². The molecule has 0 bridgehead atoms. The van der Waals surface area contributed by atoms with Crippen LogP contribution in [0.1, 0.15) is 45.0 Å². The van der Waals surface area contributed by atoms with Crippen LogP contribution in [0.25, 0.3) is 33.5 Å². The Balaban J connectivity index is 1.87. The molecule has 166 valence electrons. The van der Waals surface area contributed by atoms with E-state index in [0.717, 1.165) is 0 Å². The minimum Gasteiger partial charge on any atom is -0.454 e. The Hall–Kier alpha value is -2.93. The predicted octanol–water partition coefficient (Wildman–Crippen LogP) is 6.70. The number of carbonyl (C=O) groups excluding carboxylic acids is 1. The molecule has 0 N–H and O–H groups in total. The molecular formula is C25H26FN3O2S. The highest BCUT2D eigenvalue weighted by Gasteiger charge is 2.22. The van der Waals surface area contributed by atoms with Gasteiger partial charge in [0.15, 0.2) is 11.6 Å². The molecule has 4 aromatic rings. The molecule has 0 saturated carbocycles. The van der Waals surface area contributed by atoms with Crippen LogP contribution in [0.5, 0.6) is 0 Å². The molecule has 0 atom stereocenters. The number of rotatable bonds is 4. The van der Waals surface area contributed by atoms with Gasteiger partial charge in [0.2, 0.25) is 5.12 Å². The van der Waals surface area contributed by atoms with Gasteiger partial charge in [-0.25, -0.2) is 14.4 Å². The second-order valence-electron chi connectivity index (χ2n) is 9.10. The third-order valence-electron chi connectivity index (χ3n) is 5.10. The highest BCUT2D eigenvalue weighted by Crippen LogP contribution is 2.35. The van der Waals surface area contributed by atoms with Crippen molar-refractivity contribution in [1.82, 2.24) is 9.97 Å². The van der Waals surface area contributed by atoms with Crippen LogP contribution in [0.3, 0.4) is 0 Å². The molecule has 32 heavy (non-hydrogen) atoms. The number of furan rings is 1. The zero-order valence-electron chi connectivity index (χ0n) is 19.1. The number of carbonyl (C=O) groups is 1. The van der Waals surface area contributed by atoms with E-state index in [2.05, 4.69) is 13.8 Å². The summed E-state index contributed by atoms with van der Waals surface area (Å²) in [5, 5.41) is 0.670. The summed E-state index contributed by atoms with van der Waals surface area (Å²) in [7, 11) is 1.94. The molecule has 0 aliphatic heterocycles. The first-order valence-electron chi connectivity index (χ1n) is 10.5. The zero-order valence-corrected chi connectivity index (χ0v) is 19.9. The van der Waals surface area contributed by atoms with Crippen LogP contribution in [-0.4, -0.2) is 32.9 Å². The van der Waals surface area contributed by atoms with Crippen LogP contribution >= 0.6 is 11.8 Å². The number of hydrogen-bond acceptors (Lipinski definition) is 6. The molecule has 0 spiro atoms. The fourth-order valence-corrected chi connectivity index (χ4v) is 4.10. The number of anilines is 1. The molecule has 0 unspecified atom stereocenters. The van der Waals surface area contributed by atoms with Crippen molar-refractivity contribution in [1.29, 1.82) is 0 Å². The summed E-state index contributed by atoms with van der Waals surface area (Å²) in [6.45, 7) is 10.2. The van der Waals surface area contributed by atoms with Gasteiger partial charge in [-0.05, 0) is 56.3 Å². The summed E-state index contributed by atoms with van der Waals surface area (Å²) in [4.78, 5) is 24.4. The second kappa shape index (κ2) is 8.20. The number of halogens is 1. The lowest BCUT2D eigenvalue weighted by Crippen LogP contribution is -2.27. The van der Waals surface area contributed by atoms with Gasteiger partial charge < -0.3 is 9.32 Å². The molecule has 5 nitrogen and oxygen atoms in total. The Morgan fingerprint density at radius 3 is 2.50 bits per heavy atom. The predicted molar refractivity (Wildman–Crippen MR) is 130 cm³/mol. The van der Waals surface area contributed by atoms with Gasteiger partial charge >= 0.3 is 0 Å². The van der Waals surface area contributed by atoms with Crippen molar-refractivity contribution >= 4 is 44.7 Å². The highest BCUT2D eigenvalue weighted by atomic mass is 32.2. The van der Waals surface area contributed by atoms with Gasteiger partial charge in [0.1, 0.15) is 17.1 Å². The molecule has 0 aliphatic carbocycles. The van der Waals surface area contributed by atoms with Gasteiger partial charge in [0.05, 0.1) is 11.0 Å². The van der Waals surface area contributed by atoms with Crippen molar-refractivity contribution in [2.75, 3.05) is 11.9 Å². The summed E-state index contributed by atoms with van der Waals surface area (Å²) < 4.78 is 19.5. The maximum absolute atomic E-state index is 13.7. The van der Waals surface area contributed by atoms with Crippen molar-refractivity contribution in [3.8, 4) is 11.5 Å². The van der Waals surface area contributed by atoms with Crippen LogP contribution < -0.4 is 4.90 Å². The third-order valence-corrected chi connectivity index (χ3v) is 6.13. The number of aromatic nitrogens is 2. The summed E-state index contributed by atoms with van der Waals surface area (Å²) >= 11 is 1.29. The van der Waals surface area contributed by atoms with E-state index in [4.69, 9.17) is 14.4 Å². The average Bonchev–Trinajstić information content (AvgIpc) is 3.13. The summed E-state index contributed by atoms with van der Waals surface area (Å²) in [6.07, 6.45) is 0. The van der Waals surface area contributed by atoms with Gasteiger partial charge in [-0.1, -0.05) is 32.5 Å². The normalized spacial score (nSPS) is 12.1. The standard InChI is InChI=1S/C25H26FN3O2S/c1-14(2)29(6)23-22(21-13-16-11-17(26)8-10-20(16)31-21)27-18-9-7-15(12-19(18)28-23)24(30)32-25(3,4)5/h7-14H,1-6H3. The summed E-state index contributed by atoms with van der Waals surface area (Å²) in [5.74, 6) is 0.838. The zero-order chi connectivity index (χ0) is 23.2. The van der Waals surface area contributed by atoms with Gasteiger partial charge in [-0.15, -0.1) is 0 Å². The Kier molecular flexibility index (Phi) is 5.71. The molecule has 0 amide bonds. The first kappa shape index (κ1) is 22.3. The molecule has 0 saturated heterocycles. The van der Waals surface area contributed by atoms with Gasteiger partial charge in [-0.3, -0.25) is 4.79 Å². The minimum absolute atomic E-state index is 0.00310. The lowest BCUT2D eigenvalue weighted by atomic mass is 10.1. The monoisotopic (exact) mass is 451 g/mol. The van der Waals surface area contributed by atoms with Crippen molar-refractivity contribution in [2.24, 2.45) is 0 Å². The minimum atomic E-state index is -0.320. The smallest absolute Gasteiger partial charge is 0.219 e. The Labute approximate surface area is 191 Å². The fraction of sp³-hybridized carbons (Fsp3) is 0.320. The van der Waals surface area contributed by atoms with E-state index in [1.807, 2.05) is 38.8 Å². The van der Waals surface area contributed by atoms with Gasteiger partial charge in [0.25, 0.3) is 0 Å². The molecule has 0 radical (unpaired) electrons. The van der Waals surface area contributed by atoms with E-state index in [0.29, 0.717) is 44.8 Å². The number of benzene rings is 2. The van der Waals surface area contributed by atoms with E-state index >= 15 is 0 Å². The first-order chi connectivity index (χ1) is 15.0. The van der Waals surface area contributed by atoms with Crippen LogP contribution in [0, 0.1) is 5.82 Å². The molecule has 7 heteroatoms. The molecule has 0 fully saturated rings. The number of hydrogen-bond donors (Lipinski definition) is 0. The van der Waals surface area contributed by atoms with Gasteiger partial charge in [0, 0.05) is 28.8 Å². The fourth-order valence-electron chi connectivity index (χ4n) is 3.30. The highest BCUT2D eigenvalue weighted by molar-refractivity contribution is 8.15. The quantitative estimate of drug-likeness (QED) is 0.344. The van der Waals surface area contributed by atoms with E-state index < -0.39 is 0 Å². The second-order valence-corrected chi connectivity index (χ2v) is 10.9. The Morgan fingerprint density at radius 1 is 1.06 bits per heavy atom.